The summed E-state index contributed by atoms with van der Waals surface area (Å²) in [6.07, 6.45) is 1.47. The molecule has 5 nitrogen and oxygen atoms in total. The van der Waals surface area contributed by atoms with Crippen molar-refractivity contribution < 1.29 is 9.59 Å². The Morgan fingerprint density at radius 1 is 0.750 bits per heavy atom. The maximum absolute atomic E-state index is 12.6. The minimum atomic E-state index is -0.349. The average Bonchev–Trinajstić information content (AvgIpc) is 2.67. The Morgan fingerprint density at radius 3 is 2.14 bits per heavy atom. The highest BCUT2D eigenvalue weighted by molar-refractivity contribution is 6.08. The summed E-state index contributed by atoms with van der Waals surface area (Å²) < 4.78 is 0. The van der Waals surface area contributed by atoms with Crippen molar-refractivity contribution in [2.24, 2.45) is 0 Å². The number of aryl methyl sites for hydroxylation is 4. The zero-order valence-corrected chi connectivity index (χ0v) is 16.5. The molecular formula is C23H23N3O2. The van der Waals surface area contributed by atoms with E-state index in [-0.39, 0.29) is 17.5 Å². The molecule has 0 unspecified atom stereocenters. The third kappa shape index (κ3) is 4.26. The number of benzene rings is 2. The molecule has 0 saturated heterocycles. The quantitative estimate of drug-likeness (QED) is 0.689. The molecule has 0 aliphatic rings. The summed E-state index contributed by atoms with van der Waals surface area (Å²) in [7, 11) is 0. The maximum Gasteiger partial charge on any atom is 0.274 e. The predicted molar refractivity (Wildman–Crippen MR) is 112 cm³/mol. The first-order valence-electron chi connectivity index (χ1n) is 9.07. The monoisotopic (exact) mass is 373 g/mol. The fraction of sp³-hybridized carbons (Fsp3) is 0.174. The molecule has 3 aromatic rings. The number of para-hydroxylation sites is 1. The van der Waals surface area contributed by atoms with Gasteiger partial charge in [-0.3, -0.25) is 14.6 Å². The molecule has 1 heterocycles. The normalized spacial score (nSPS) is 10.4. The van der Waals surface area contributed by atoms with E-state index in [9.17, 15) is 9.59 Å². The molecule has 0 aliphatic heterocycles. The van der Waals surface area contributed by atoms with Gasteiger partial charge in [0.25, 0.3) is 11.8 Å². The topological polar surface area (TPSA) is 71.1 Å². The lowest BCUT2D eigenvalue weighted by Crippen LogP contribution is -2.18. The van der Waals surface area contributed by atoms with Crippen molar-refractivity contribution in [2.75, 3.05) is 10.6 Å². The molecule has 0 radical (unpaired) electrons. The number of nitrogens with zero attached hydrogens (tertiary/aromatic N) is 1. The fourth-order valence-corrected chi connectivity index (χ4v) is 2.91. The number of hydrogen-bond donors (Lipinski definition) is 2. The van der Waals surface area contributed by atoms with Crippen molar-refractivity contribution in [3.63, 3.8) is 0 Å². The van der Waals surface area contributed by atoms with E-state index in [1.165, 1.54) is 12.3 Å². The summed E-state index contributed by atoms with van der Waals surface area (Å²) in [6, 6.07) is 14.6. The first kappa shape index (κ1) is 19.3. The number of carbonyl (C=O) groups excluding carboxylic acids is 2. The molecule has 3 rings (SSSR count). The van der Waals surface area contributed by atoms with Gasteiger partial charge in [0.1, 0.15) is 5.69 Å². The number of rotatable bonds is 4. The molecule has 5 heteroatoms. The van der Waals surface area contributed by atoms with Crippen LogP contribution in [0.5, 0.6) is 0 Å². The van der Waals surface area contributed by atoms with Crippen molar-refractivity contribution >= 4 is 23.2 Å². The zero-order valence-electron chi connectivity index (χ0n) is 16.5. The minimum Gasteiger partial charge on any atom is -0.322 e. The second kappa shape index (κ2) is 8.05. The van der Waals surface area contributed by atoms with Crippen LogP contribution in [-0.2, 0) is 0 Å². The minimum absolute atomic E-state index is 0.190. The van der Waals surface area contributed by atoms with Gasteiger partial charge in [-0.25, -0.2) is 0 Å². The number of pyridine rings is 1. The van der Waals surface area contributed by atoms with Gasteiger partial charge in [0, 0.05) is 23.1 Å². The van der Waals surface area contributed by atoms with Crippen LogP contribution < -0.4 is 10.6 Å². The van der Waals surface area contributed by atoms with Crippen LogP contribution in [0.25, 0.3) is 0 Å². The lowest BCUT2D eigenvalue weighted by atomic mass is 10.1. The summed E-state index contributed by atoms with van der Waals surface area (Å²) in [5, 5.41) is 5.75. The highest BCUT2D eigenvalue weighted by atomic mass is 16.2. The van der Waals surface area contributed by atoms with E-state index in [1.54, 1.807) is 6.07 Å². The van der Waals surface area contributed by atoms with Crippen LogP contribution in [0.2, 0.25) is 0 Å². The maximum atomic E-state index is 12.6. The Bertz CT molecular complexity index is 1040. The third-order valence-electron chi connectivity index (χ3n) is 4.74. The number of anilines is 2. The van der Waals surface area contributed by atoms with Crippen molar-refractivity contribution in [1.29, 1.82) is 0 Å². The summed E-state index contributed by atoms with van der Waals surface area (Å²) in [5.41, 5.74) is 6.24. The van der Waals surface area contributed by atoms with E-state index >= 15 is 0 Å². The van der Waals surface area contributed by atoms with Gasteiger partial charge in [-0.1, -0.05) is 24.3 Å². The molecular weight excluding hydrogens is 350 g/mol. The van der Waals surface area contributed by atoms with E-state index in [0.717, 1.165) is 27.9 Å². The van der Waals surface area contributed by atoms with Crippen LogP contribution in [0.4, 0.5) is 11.4 Å². The average molecular weight is 373 g/mol. The Balaban J connectivity index is 1.78. The molecule has 0 spiro atoms. The highest BCUT2D eigenvalue weighted by Crippen LogP contribution is 2.20. The number of amides is 2. The lowest BCUT2D eigenvalue weighted by Gasteiger charge is -2.12. The molecule has 0 fully saturated rings. The second-order valence-electron chi connectivity index (χ2n) is 6.90. The van der Waals surface area contributed by atoms with Crippen LogP contribution in [-0.4, -0.2) is 16.8 Å². The van der Waals surface area contributed by atoms with Gasteiger partial charge in [0.2, 0.25) is 0 Å². The van der Waals surface area contributed by atoms with E-state index in [1.807, 2.05) is 64.1 Å². The van der Waals surface area contributed by atoms with Crippen LogP contribution >= 0.6 is 0 Å². The molecule has 2 aromatic carbocycles. The summed E-state index contributed by atoms with van der Waals surface area (Å²) in [5.74, 6) is -0.634. The van der Waals surface area contributed by atoms with Gasteiger partial charge in [-0.15, -0.1) is 0 Å². The van der Waals surface area contributed by atoms with Crippen LogP contribution in [0.15, 0.2) is 54.7 Å². The third-order valence-corrected chi connectivity index (χ3v) is 4.74. The Kier molecular flexibility index (Phi) is 5.54. The molecule has 142 valence electrons. The van der Waals surface area contributed by atoms with Crippen molar-refractivity contribution in [3.05, 3.63) is 88.2 Å². The Labute approximate surface area is 164 Å². The van der Waals surface area contributed by atoms with E-state index in [4.69, 9.17) is 0 Å². The molecule has 0 saturated carbocycles. The number of aromatic nitrogens is 1. The molecule has 0 atom stereocenters. The molecule has 2 N–H and O–H groups in total. The zero-order chi connectivity index (χ0) is 20.3. The Hall–Kier alpha value is -3.47. The van der Waals surface area contributed by atoms with Gasteiger partial charge in [-0.05, 0) is 74.2 Å². The van der Waals surface area contributed by atoms with Gasteiger partial charge in [0.15, 0.2) is 0 Å². The molecule has 0 aliphatic carbocycles. The Morgan fingerprint density at radius 2 is 1.46 bits per heavy atom. The first-order chi connectivity index (χ1) is 13.3. The summed E-state index contributed by atoms with van der Waals surface area (Å²) >= 11 is 0. The van der Waals surface area contributed by atoms with Crippen LogP contribution in [0, 0.1) is 27.7 Å². The van der Waals surface area contributed by atoms with Crippen molar-refractivity contribution in [1.82, 2.24) is 4.98 Å². The molecule has 28 heavy (non-hydrogen) atoms. The van der Waals surface area contributed by atoms with Crippen molar-refractivity contribution in [3.8, 4) is 0 Å². The highest BCUT2D eigenvalue weighted by Gasteiger charge is 2.14. The van der Waals surface area contributed by atoms with Gasteiger partial charge in [-0.2, -0.15) is 0 Å². The standard InChI is InChI=1S/C23H23N3O2/c1-14-8-9-19(12-17(14)4)25-22(27)18-10-11-24-20(13-18)23(28)26-21-15(2)6-5-7-16(21)3/h5-13H,1-4H3,(H,25,27)(H,26,28). The fourth-order valence-electron chi connectivity index (χ4n) is 2.91. The van der Waals surface area contributed by atoms with Crippen LogP contribution in [0.3, 0.4) is 0 Å². The largest absolute Gasteiger partial charge is 0.322 e. The second-order valence-corrected chi connectivity index (χ2v) is 6.90. The SMILES string of the molecule is Cc1ccc(NC(=O)c2ccnc(C(=O)Nc3c(C)cccc3C)c2)cc1C. The lowest BCUT2D eigenvalue weighted by molar-refractivity contribution is 0.102. The van der Waals surface area contributed by atoms with Gasteiger partial charge >= 0.3 is 0 Å². The molecule has 2 amide bonds. The van der Waals surface area contributed by atoms with E-state index in [0.29, 0.717) is 11.3 Å². The molecule has 1 aromatic heterocycles. The number of carbonyl (C=O) groups is 2. The summed E-state index contributed by atoms with van der Waals surface area (Å²) in [4.78, 5) is 29.3. The van der Waals surface area contributed by atoms with E-state index < -0.39 is 0 Å². The summed E-state index contributed by atoms with van der Waals surface area (Å²) in [6.45, 7) is 7.88. The number of nitrogens with one attached hydrogen (secondary N) is 2. The molecule has 0 bridgehead atoms. The van der Waals surface area contributed by atoms with Crippen LogP contribution in [0.1, 0.15) is 43.1 Å². The predicted octanol–water partition coefficient (Wildman–Crippen LogP) is 4.82. The van der Waals surface area contributed by atoms with Gasteiger partial charge < -0.3 is 10.6 Å². The van der Waals surface area contributed by atoms with Gasteiger partial charge in [0.05, 0.1) is 0 Å². The number of hydrogen-bond acceptors (Lipinski definition) is 3. The van der Waals surface area contributed by atoms with E-state index in [2.05, 4.69) is 15.6 Å². The smallest absolute Gasteiger partial charge is 0.274 e. The van der Waals surface area contributed by atoms with Crippen molar-refractivity contribution in [2.45, 2.75) is 27.7 Å². The first-order valence-corrected chi connectivity index (χ1v) is 9.07.